The molecule has 0 saturated heterocycles. The Kier molecular flexibility index (Phi) is 3.01. The van der Waals surface area contributed by atoms with Crippen molar-refractivity contribution in [1.82, 2.24) is 0 Å². The van der Waals surface area contributed by atoms with Gasteiger partial charge in [0.25, 0.3) is 10.1 Å². The van der Waals surface area contributed by atoms with Gasteiger partial charge in [0.2, 0.25) is 5.82 Å². The predicted octanol–water partition coefficient (Wildman–Crippen LogP) is 1.12. The van der Waals surface area contributed by atoms with E-state index < -0.39 is 37.9 Å². The molecule has 1 N–H and O–H groups in total. The molecule has 1 aromatic rings. The summed E-state index contributed by atoms with van der Waals surface area (Å²) in [7, 11) is -4.40. The van der Waals surface area contributed by atoms with Crippen LogP contribution in [0.1, 0.15) is 5.56 Å². The molecule has 15 heavy (non-hydrogen) atoms. The van der Waals surface area contributed by atoms with Gasteiger partial charge in [0.15, 0.2) is 0 Å². The van der Waals surface area contributed by atoms with Gasteiger partial charge < -0.3 is 0 Å². The minimum Gasteiger partial charge on any atom is -0.285 e. The molecule has 1 rings (SSSR count). The molecule has 0 amide bonds. The number of rotatable bonds is 3. The van der Waals surface area contributed by atoms with E-state index in [-0.39, 0.29) is 0 Å². The van der Waals surface area contributed by atoms with Gasteiger partial charge in [-0.25, -0.2) is 0 Å². The van der Waals surface area contributed by atoms with Crippen molar-refractivity contribution in [1.29, 1.82) is 0 Å². The van der Waals surface area contributed by atoms with Crippen LogP contribution in [0.5, 0.6) is 0 Å². The molecule has 0 radical (unpaired) electrons. The number of nitro groups is 1. The molecule has 0 bridgehead atoms. The number of nitrogens with zero attached hydrogens (tertiary/aromatic N) is 1. The van der Waals surface area contributed by atoms with E-state index in [1.165, 1.54) is 0 Å². The fraction of sp³-hybridized carbons (Fsp3) is 0.143. The predicted molar refractivity (Wildman–Crippen MR) is 48.3 cm³/mol. The lowest BCUT2D eigenvalue weighted by molar-refractivity contribution is -0.387. The minimum absolute atomic E-state index is 0.438. The zero-order valence-electron chi connectivity index (χ0n) is 7.25. The van der Waals surface area contributed by atoms with Gasteiger partial charge in [-0.05, 0) is 0 Å². The first-order chi connectivity index (χ1) is 6.81. The summed E-state index contributed by atoms with van der Waals surface area (Å²) in [5.74, 6) is -2.24. The highest BCUT2D eigenvalue weighted by atomic mass is 32.2. The molecule has 0 aromatic heterocycles. The van der Waals surface area contributed by atoms with Crippen LogP contribution in [0.2, 0.25) is 0 Å². The average molecular weight is 235 g/mol. The molecule has 0 unspecified atom stereocenters. The number of nitro benzene ring substituents is 1. The normalized spacial score (nSPS) is 11.3. The van der Waals surface area contributed by atoms with Gasteiger partial charge in [-0.3, -0.25) is 14.7 Å². The third kappa shape index (κ3) is 2.96. The van der Waals surface area contributed by atoms with Crippen LogP contribution in [0.25, 0.3) is 0 Å². The molecule has 0 atom stereocenters. The summed E-state index contributed by atoms with van der Waals surface area (Å²) in [6.07, 6.45) is 0. The second-order valence-electron chi connectivity index (χ2n) is 2.73. The van der Waals surface area contributed by atoms with Gasteiger partial charge in [0, 0.05) is 11.6 Å². The molecule has 0 aliphatic carbocycles. The van der Waals surface area contributed by atoms with Gasteiger partial charge in [0.1, 0.15) is 5.75 Å². The second kappa shape index (κ2) is 3.91. The van der Waals surface area contributed by atoms with Gasteiger partial charge in [0.05, 0.1) is 4.92 Å². The van der Waals surface area contributed by atoms with Crippen molar-refractivity contribution in [3.05, 3.63) is 39.7 Å². The lowest BCUT2D eigenvalue weighted by atomic mass is 10.2. The molecule has 0 aliphatic rings. The minimum atomic E-state index is -4.40. The summed E-state index contributed by atoms with van der Waals surface area (Å²) >= 11 is 0. The highest BCUT2D eigenvalue weighted by molar-refractivity contribution is 7.85. The zero-order valence-corrected chi connectivity index (χ0v) is 8.07. The van der Waals surface area contributed by atoms with Gasteiger partial charge in [-0.1, -0.05) is 12.1 Å². The van der Waals surface area contributed by atoms with E-state index in [1.54, 1.807) is 0 Å². The molecule has 1 aromatic carbocycles. The SMILES string of the molecule is O=[N+]([O-])c1cccc(CS(=O)(=O)O)c1F. The maximum atomic E-state index is 13.2. The maximum Gasteiger partial charge on any atom is 0.305 e. The average Bonchev–Trinajstić information content (AvgIpc) is 2.05. The number of hydrogen-bond donors (Lipinski definition) is 1. The van der Waals surface area contributed by atoms with Crippen molar-refractivity contribution in [2.45, 2.75) is 5.75 Å². The van der Waals surface area contributed by atoms with Crippen LogP contribution in [0, 0.1) is 15.9 Å². The molecule has 0 heterocycles. The third-order valence-corrected chi connectivity index (χ3v) is 2.27. The molecular formula is C7H6FNO5S. The first-order valence-corrected chi connectivity index (χ1v) is 5.29. The second-order valence-corrected chi connectivity index (χ2v) is 4.19. The summed E-state index contributed by atoms with van der Waals surface area (Å²) in [5.41, 5.74) is -1.26. The largest absolute Gasteiger partial charge is 0.305 e. The Labute approximate surface area is 84.2 Å². The Hall–Kier alpha value is -1.54. The molecule has 6 nitrogen and oxygen atoms in total. The third-order valence-electron chi connectivity index (χ3n) is 1.59. The molecule has 0 spiro atoms. The van der Waals surface area contributed by atoms with Crippen LogP contribution in [0.15, 0.2) is 18.2 Å². The Morgan fingerprint density at radius 2 is 2.07 bits per heavy atom. The molecule has 8 heteroatoms. The van der Waals surface area contributed by atoms with E-state index in [2.05, 4.69) is 0 Å². The lowest BCUT2D eigenvalue weighted by Crippen LogP contribution is -2.05. The zero-order chi connectivity index (χ0) is 11.6. The van der Waals surface area contributed by atoms with Crippen molar-refractivity contribution in [3.63, 3.8) is 0 Å². The standard InChI is InChI=1S/C7H6FNO5S/c8-7-5(4-15(12,13)14)2-1-3-6(7)9(10)11/h1-3H,4H2,(H,12,13,14). The number of hydrogen-bond acceptors (Lipinski definition) is 4. The van der Waals surface area contributed by atoms with Crippen LogP contribution in [0.3, 0.4) is 0 Å². The van der Waals surface area contributed by atoms with Crippen LogP contribution in [0.4, 0.5) is 10.1 Å². The number of benzene rings is 1. The van der Waals surface area contributed by atoms with Crippen molar-refractivity contribution in [2.75, 3.05) is 0 Å². The van der Waals surface area contributed by atoms with Crippen molar-refractivity contribution >= 4 is 15.8 Å². The molecular weight excluding hydrogens is 229 g/mol. The molecule has 0 aliphatic heterocycles. The van der Waals surface area contributed by atoms with E-state index in [9.17, 15) is 22.9 Å². The van der Waals surface area contributed by atoms with Crippen LogP contribution in [-0.2, 0) is 15.9 Å². The smallest absolute Gasteiger partial charge is 0.285 e. The van der Waals surface area contributed by atoms with Gasteiger partial charge in [-0.2, -0.15) is 12.8 Å². The molecule has 0 fully saturated rings. The Morgan fingerprint density at radius 1 is 1.47 bits per heavy atom. The maximum absolute atomic E-state index is 13.2. The van der Waals surface area contributed by atoms with Crippen molar-refractivity contribution < 1.29 is 22.3 Å². The summed E-state index contributed by atoms with van der Waals surface area (Å²) < 4.78 is 42.6. The fourth-order valence-electron chi connectivity index (χ4n) is 1.02. The highest BCUT2D eigenvalue weighted by Gasteiger charge is 2.20. The first kappa shape index (κ1) is 11.5. The van der Waals surface area contributed by atoms with E-state index in [0.29, 0.717) is 0 Å². The lowest BCUT2D eigenvalue weighted by Gasteiger charge is -2.00. The summed E-state index contributed by atoms with van der Waals surface area (Å²) in [6, 6.07) is 3.10. The van der Waals surface area contributed by atoms with Gasteiger partial charge >= 0.3 is 5.69 Å². The van der Waals surface area contributed by atoms with Crippen LogP contribution < -0.4 is 0 Å². The Bertz CT molecular complexity index is 498. The van der Waals surface area contributed by atoms with E-state index >= 15 is 0 Å². The van der Waals surface area contributed by atoms with Crippen LogP contribution >= 0.6 is 0 Å². The van der Waals surface area contributed by atoms with E-state index in [1.807, 2.05) is 0 Å². The topological polar surface area (TPSA) is 97.5 Å². The number of halogens is 1. The summed E-state index contributed by atoms with van der Waals surface area (Å²) in [5, 5.41) is 10.3. The quantitative estimate of drug-likeness (QED) is 0.481. The highest BCUT2D eigenvalue weighted by Crippen LogP contribution is 2.21. The van der Waals surface area contributed by atoms with Crippen molar-refractivity contribution in [2.24, 2.45) is 0 Å². The molecule has 82 valence electrons. The Morgan fingerprint density at radius 3 is 2.53 bits per heavy atom. The van der Waals surface area contributed by atoms with E-state index in [4.69, 9.17) is 4.55 Å². The van der Waals surface area contributed by atoms with Gasteiger partial charge in [-0.15, -0.1) is 0 Å². The summed E-state index contributed by atoms with van der Waals surface area (Å²) in [4.78, 5) is 9.32. The van der Waals surface area contributed by atoms with E-state index in [0.717, 1.165) is 18.2 Å². The fourth-order valence-corrected chi connectivity index (χ4v) is 1.63. The summed E-state index contributed by atoms with van der Waals surface area (Å²) in [6.45, 7) is 0. The first-order valence-electron chi connectivity index (χ1n) is 3.68. The monoisotopic (exact) mass is 235 g/mol. The van der Waals surface area contributed by atoms with Crippen molar-refractivity contribution in [3.8, 4) is 0 Å². The van der Waals surface area contributed by atoms with Crippen LogP contribution in [-0.4, -0.2) is 17.9 Å². The Balaban J connectivity index is 3.22. The molecule has 0 saturated carbocycles.